The van der Waals surface area contributed by atoms with Gasteiger partial charge in [0, 0.05) is 10.9 Å². The molecule has 0 amide bonds. The van der Waals surface area contributed by atoms with Gasteiger partial charge in [-0.2, -0.15) is 13.2 Å². The van der Waals surface area contributed by atoms with E-state index in [1.54, 1.807) is 12.1 Å². The fourth-order valence-corrected chi connectivity index (χ4v) is 1.64. The molecule has 0 saturated heterocycles. The van der Waals surface area contributed by atoms with Crippen molar-refractivity contribution in [3.8, 4) is 0 Å². The summed E-state index contributed by atoms with van der Waals surface area (Å²) in [6.45, 7) is -0.248. The number of alkyl halides is 3. The van der Waals surface area contributed by atoms with E-state index in [1.165, 1.54) is 6.07 Å². The molecule has 92 valence electrons. The Morgan fingerprint density at radius 3 is 2.59 bits per heavy atom. The van der Waals surface area contributed by atoms with Gasteiger partial charge in [0.2, 0.25) is 0 Å². The van der Waals surface area contributed by atoms with Gasteiger partial charge in [0.05, 0.1) is 12.6 Å². The van der Waals surface area contributed by atoms with Gasteiger partial charge in [-0.1, -0.05) is 6.07 Å². The molecule has 0 saturated carbocycles. The molecule has 4 N–H and O–H groups in total. The standard InChI is InChI=1S/C11H11F3N2O/c12-11(13,14)10-4-7-3-6(8(15)5-17)1-2-9(7)16-10/h1-4,8,16-17H,5,15H2. The monoisotopic (exact) mass is 244 g/mol. The van der Waals surface area contributed by atoms with Crippen molar-refractivity contribution in [1.29, 1.82) is 0 Å². The van der Waals surface area contributed by atoms with Crippen LogP contribution in [0.1, 0.15) is 17.3 Å². The molecule has 1 unspecified atom stereocenters. The second-order valence-corrected chi connectivity index (χ2v) is 3.82. The third-order valence-corrected chi connectivity index (χ3v) is 2.58. The van der Waals surface area contributed by atoms with Crippen LogP contribution in [-0.4, -0.2) is 16.7 Å². The van der Waals surface area contributed by atoms with Gasteiger partial charge in [0.25, 0.3) is 0 Å². The molecule has 6 heteroatoms. The van der Waals surface area contributed by atoms with Gasteiger partial charge in [-0.3, -0.25) is 0 Å². The molecule has 2 rings (SSSR count). The number of aliphatic hydroxyl groups excluding tert-OH is 1. The number of H-pyrrole nitrogens is 1. The third kappa shape index (κ3) is 2.27. The van der Waals surface area contributed by atoms with E-state index in [4.69, 9.17) is 10.8 Å². The van der Waals surface area contributed by atoms with Gasteiger partial charge in [-0.25, -0.2) is 0 Å². The quantitative estimate of drug-likeness (QED) is 0.758. The fourth-order valence-electron chi connectivity index (χ4n) is 1.64. The lowest BCUT2D eigenvalue weighted by atomic mass is 10.1. The number of aliphatic hydroxyl groups is 1. The summed E-state index contributed by atoms with van der Waals surface area (Å²) in [6.07, 6.45) is -4.39. The minimum Gasteiger partial charge on any atom is -0.394 e. The first-order valence-electron chi connectivity index (χ1n) is 4.98. The first-order valence-corrected chi connectivity index (χ1v) is 4.98. The van der Waals surface area contributed by atoms with Crippen molar-refractivity contribution >= 4 is 10.9 Å². The van der Waals surface area contributed by atoms with Crippen LogP contribution in [0.3, 0.4) is 0 Å². The summed E-state index contributed by atoms with van der Waals surface area (Å²) < 4.78 is 37.4. The van der Waals surface area contributed by atoms with Gasteiger partial charge in [-0.05, 0) is 23.8 Å². The minimum absolute atomic E-state index is 0.248. The van der Waals surface area contributed by atoms with Crippen LogP contribution in [0.25, 0.3) is 10.9 Å². The Balaban J connectivity index is 2.48. The van der Waals surface area contributed by atoms with Gasteiger partial charge in [0.15, 0.2) is 0 Å². The molecule has 3 nitrogen and oxygen atoms in total. The van der Waals surface area contributed by atoms with Crippen LogP contribution in [0.2, 0.25) is 0 Å². The molecule has 17 heavy (non-hydrogen) atoms. The largest absolute Gasteiger partial charge is 0.431 e. The van der Waals surface area contributed by atoms with Crippen LogP contribution in [-0.2, 0) is 6.18 Å². The Morgan fingerprint density at radius 2 is 2.00 bits per heavy atom. The number of hydrogen-bond acceptors (Lipinski definition) is 2. The first-order chi connectivity index (χ1) is 7.91. The van der Waals surface area contributed by atoms with E-state index in [9.17, 15) is 13.2 Å². The van der Waals surface area contributed by atoms with Crippen LogP contribution < -0.4 is 5.73 Å². The highest BCUT2D eigenvalue weighted by Gasteiger charge is 2.32. The average Bonchev–Trinajstić information content (AvgIpc) is 2.70. The fraction of sp³-hybridized carbons (Fsp3) is 0.273. The highest BCUT2D eigenvalue weighted by Crippen LogP contribution is 2.31. The van der Waals surface area contributed by atoms with Crippen LogP contribution in [0.15, 0.2) is 24.3 Å². The number of halogens is 3. The lowest BCUT2D eigenvalue weighted by molar-refractivity contribution is -0.140. The molecule has 0 bridgehead atoms. The lowest BCUT2D eigenvalue weighted by Crippen LogP contribution is -2.14. The van der Waals surface area contributed by atoms with E-state index >= 15 is 0 Å². The number of nitrogens with two attached hydrogens (primary N) is 1. The lowest BCUT2D eigenvalue weighted by Gasteiger charge is -2.07. The van der Waals surface area contributed by atoms with E-state index in [1.807, 2.05) is 0 Å². The molecule has 0 aliphatic rings. The summed E-state index contributed by atoms with van der Waals surface area (Å²) in [5.74, 6) is 0. The Morgan fingerprint density at radius 1 is 1.29 bits per heavy atom. The summed E-state index contributed by atoms with van der Waals surface area (Å²) in [6, 6.07) is 5.11. The van der Waals surface area contributed by atoms with Crippen molar-refractivity contribution in [2.24, 2.45) is 5.73 Å². The van der Waals surface area contributed by atoms with E-state index in [0.29, 0.717) is 16.5 Å². The second-order valence-electron chi connectivity index (χ2n) is 3.82. The van der Waals surface area contributed by atoms with Crippen LogP contribution >= 0.6 is 0 Å². The second kappa shape index (κ2) is 4.05. The molecule has 0 radical (unpaired) electrons. The first kappa shape index (κ1) is 11.9. The zero-order valence-corrected chi connectivity index (χ0v) is 8.75. The van der Waals surface area contributed by atoms with E-state index < -0.39 is 17.9 Å². The van der Waals surface area contributed by atoms with Crippen molar-refractivity contribution in [2.45, 2.75) is 12.2 Å². The molecule has 1 aromatic carbocycles. The van der Waals surface area contributed by atoms with Crippen LogP contribution in [0, 0.1) is 0 Å². The number of benzene rings is 1. The maximum Gasteiger partial charge on any atom is 0.431 e. The van der Waals surface area contributed by atoms with Gasteiger partial charge in [-0.15, -0.1) is 0 Å². The Hall–Kier alpha value is -1.53. The molecule has 0 spiro atoms. The Kier molecular flexibility index (Phi) is 2.84. The van der Waals surface area contributed by atoms with Crippen LogP contribution in [0.4, 0.5) is 13.2 Å². The molecule has 1 atom stereocenters. The summed E-state index contributed by atoms with van der Waals surface area (Å²) >= 11 is 0. The molecular weight excluding hydrogens is 233 g/mol. The molecule has 1 heterocycles. The summed E-state index contributed by atoms with van der Waals surface area (Å²) in [7, 11) is 0. The highest BCUT2D eigenvalue weighted by molar-refractivity contribution is 5.81. The van der Waals surface area contributed by atoms with Crippen molar-refractivity contribution in [2.75, 3.05) is 6.61 Å². The summed E-state index contributed by atoms with van der Waals surface area (Å²) in [5.41, 5.74) is 5.80. The zero-order valence-electron chi connectivity index (χ0n) is 8.75. The maximum absolute atomic E-state index is 12.5. The third-order valence-electron chi connectivity index (χ3n) is 2.58. The van der Waals surface area contributed by atoms with E-state index in [2.05, 4.69) is 4.98 Å². The average molecular weight is 244 g/mol. The maximum atomic E-state index is 12.5. The van der Waals surface area contributed by atoms with Crippen molar-refractivity contribution in [3.63, 3.8) is 0 Å². The molecular formula is C11H11F3N2O. The SMILES string of the molecule is NC(CO)c1ccc2[nH]c(C(F)(F)F)cc2c1. The van der Waals surface area contributed by atoms with Gasteiger partial charge in [0.1, 0.15) is 5.69 Å². The number of fused-ring (bicyclic) bond motifs is 1. The number of rotatable bonds is 2. The number of nitrogens with one attached hydrogen (secondary N) is 1. The smallest absolute Gasteiger partial charge is 0.394 e. The van der Waals surface area contributed by atoms with E-state index in [-0.39, 0.29) is 6.61 Å². The molecule has 1 aromatic heterocycles. The topological polar surface area (TPSA) is 62.0 Å². The van der Waals surface area contributed by atoms with Crippen molar-refractivity contribution < 1.29 is 18.3 Å². The minimum atomic E-state index is -4.39. The Labute approximate surface area is 95.0 Å². The molecule has 0 fully saturated rings. The summed E-state index contributed by atoms with van der Waals surface area (Å²) in [5, 5.41) is 9.31. The normalized spacial score (nSPS) is 14.2. The number of hydrogen-bond donors (Lipinski definition) is 3. The molecule has 0 aliphatic heterocycles. The zero-order chi connectivity index (χ0) is 12.6. The summed E-state index contributed by atoms with van der Waals surface area (Å²) in [4.78, 5) is 2.29. The number of aromatic amines is 1. The number of aromatic nitrogens is 1. The van der Waals surface area contributed by atoms with Crippen molar-refractivity contribution in [1.82, 2.24) is 4.98 Å². The van der Waals surface area contributed by atoms with Crippen LogP contribution in [0.5, 0.6) is 0 Å². The predicted octanol–water partition coefficient (Wildman–Crippen LogP) is 2.18. The van der Waals surface area contributed by atoms with Crippen molar-refractivity contribution in [3.05, 3.63) is 35.5 Å². The Bertz CT molecular complexity index is 533. The van der Waals surface area contributed by atoms with Gasteiger partial charge < -0.3 is 15.8 Å². The highest BCUT2D eigenvalue weighted by atomic mass is 19.4. The molecule has 0 aliphatic carbocycles. The molecule has 2 aromatic rings. The van der Waals surface area contributed by atoms with Gasteiger partial charge >= 0.3 is 6.18 Å². The van der Waals surface area contributed by atoms with E-state index in [0.717, 1.165) is 6.07 Å². The predicted molar refractivity (Wildman–Crippen MR) is 57.3 cm³/mol.